The Kier molecular flexibility index (Phi) is 2.41. The van der Waals surface area contributed by atoms with Crippen molar-refractivity contribution in [2.45, 2.75) is 18.3 Å². The van der Waals surface area contributed by atoms with Gasteiger partial charge in [0.25, 0.3) is 5.78 Å². The van der Waals surface area contributed by atoms with E-state index in [-0.39, 0.29) is 0 Å². The number of hydrogen-bond donors (Lipinski definition) is 3. The molecule has 0 aromatic heterocycles. The molecule has 68 valence electrons. The number of ketones is 1. The SMILES string of the molecule is O=C1OC[C@@H](O)[C@H](O)[C@@H](O)C1=O. The molecular formula is C6H8O6. The fourth-order valence-electron chi connectivity index (χ4n) is 0.817. The maximum atomic E-state index is 10.7. The van der Waals surface area contributed by atoms with Crippen molar-refractivity contribution in [1.82, 2.24) is 0 Å². The minimum absolute atomic E-state index is 0.483. The van der Waals surface area contributed by atoms with Crippen LogP contribution >= 0.6 is 0 Å². The van der Waals surface area contributed by atoms with Crippen molar-refractivity contribution in [3.05, 3.63) is 0 Å². The van der Waals surface area contributed by atoms with Gasteiger partial charge >= 0.3 is 5.97 Å². The average Bonchev–Trinajstić information content (AvgIpc) is 2.14. The number of rotatable bonds is 0. The molecule has 3 atom stereocenters. The van der Waals surface area contributed by atoms with Crippen LogP contribution in [0.25, 0.3) is 0 Å². The maximum absolute atomic E-state index is 10.7. The van der Waals surface area contributed by atoms with Gasteiger partial charge in [-0.1, -0.05) is 0 Å². The second-order valence-corrected chi connectivity index (χ2v) is 2.47. The fourth-order valence-corrected chi connectivity index (χ4v) is 0.817. The summed E-state index contributed by atoms with van der Waals surface area (Å²) in [6.07, 6.45) is -4.98. The van der Waals surface area contributed by atoms with Gasteiger partial charge in [0.1, 0.15) is 18.8 Å². The van der Waals surface area contributed by atoms with E-state index in [4.69, 9.17) is 15.3 Å². The number of ether oxygens (including phenoxy) is 1. The van der Waals surface area contributed by atoms with Gasteiger partial charge in [-0.3, -0.25) is 4.79 Å². The molecule has 0 aromatic carbocycles. The van der Waals surface area contributed by atoms with Gasteiger partial charge in [0, 0.05) is 0 Å². The normalized spacial score (nSPS) is 37.4. The largest absolute Gasteiger partial charge is 0.457 e. The zero-order valence-corrected chi connectivity index (χ0v) is 6.01. The van der Waals surface area contributed by atoms with Crippen LogP contribution in [0.3, 0.4) is 0 Å². The lowest BCUT2D eigenvalue weighted by molar-refractivity contribution is -0.156. The lowest BCUT2D eigenvalue weighted by atomic mass is 10.1. The molecule has 0 spiro atoms. The van der Waals surface area contributed by atoms with Gasteiger partial charge in [-0.25, -0.2) is 4.79 Å². The van der Waals surface area contributed by atoms with E-state index in [1.165, 1.54) is 0 Å². The summed E-state index contributed by atoms with van der Waals surface area (Å²) in [4.78, 5) is 21.3. The van der Waals surface area contributed by atoms with Crippen molar-refractivity contribution in [1.29, 1.82) is 0 Å². The fraction of sp³-hybridized carbons (Fsp3) is 0.667. The minimum atomic E-state index is -1.89. The first kappa shape index (κ1) is 9.11. The zero-order valence-electron chi connectivity index (χ0n) is 6.01. The highest BCUT2D eigenvalue weighted by molar-refractivity contribution is 6.35. The highest BCUT2D eigenvalue weighted by Crippen LogP contribution is 2.07. The minimum Gasteiger partial charge on any atom is -0.457 e. The van der Waals surface area contributed by atoms with E-state index in [2.05, 4.69) is 4.74 Å². The molecule has 1 fully saturated rings. The molecule has 0 radical (unpaired) electrons. The molecule has 0 aliphatic carbocycles. The molecule has 0 aromatic rings. The number of aliphatic hydroxyl groups excluding tert-OH is 3. The van der Waals surface area contributed by atoms with Gasteiger partial charge in [0.15, 0.2) is 6.10 Å². The molecule has 12 heavy (non-hydrogen) atoms. The monoisotopic (exact) mass is 176 g/mol. The predicted molar refractivity (Wildman–Crippen MR) is 34.0 cm³/mol. The lowest BCUT2D eigenvalue weighted by Crippen LogP contribution is -2.42. The van der Waals surface area contributed by atoms with E-state index in [9.17, 15) is 9.59 Å². The Morgan fingerprint density at radius 3 is 2.42 bits per heavy atom. The Morgan fingerprint density at radius 1 is 1.25 bits per heavy atom. The summed E-state index contributed by atoms with van der Waals surface area (Å²) in [6.45, 7) is -0.483. The van der Waals surface area contributed by atoms with Crippen LogP contribution < -0.4 is 0 Å². The molecule has 6 nitrogen and oxygen atoms in total. The van der Waals surface area contributed by atoms with Crippen LogP contribution in [0.5, 0.6) is 0 Å². The molecule has 6 heteroatoms. The first-order chi connectivity index (χ1) is 5.54. The van der Waals surface area contributed by atoms with Crippen molar-refractivity contribution >= 4 is 11.8 Å². The van der Waals surface area contributed by atoms with Gasteiger partial charge in [0.05, 0.1) is 0 Å². The topological polar surface area (TPSA) is 104 Å². The quantitative estimate of drug-likeness (QED) is 0.272. The van der Waals surface area contributed by atoms with Crippen molar-refractivity contribution in [2.75, 3.05) is 6.61 Å². The van der Waals surface area contributed by atoms with E-state index in [0.717, 1.165) is 0 Å². The van der Waals surface area contributed by atoms with Crippen LogP contribution in [0.1, 0.15) is 0 Å². The van der Waals surface area contributed by atoms with E-state index >= 15 is 0 Å². The van der Waals surface area contributed by atoms with Crippen LogP contribution in [0.15, 0.2) is 0 Å². The van der Waals surface area contributed by atoms with Crippen molar-refractivity contribution in [2.24, 2.45) is 0 Å². The molecule has 0 bridgehead atoms. The summed E-state index contributed by atoms with van der Waals surface area (Å²) in [5, 5.41) is 26.8. The third-order valence-electron chi connectivity index (χ3n) is 1.57. The molecule has 0 unspecified atom stereocenters. The summed E-state index contributed by atoms with van der Waals surface area (Å²) in [5.41, 5.74) is 0. The molecule has 0 amide bonds. The summed E-state index contributed by atoms with van der Waals surface area (Å²) in [7, 11) is 0. The van der Waals surface area contributed by atoms with Gasteiger partial charge < -0.3 is 20.1 Å². The predicted octanol–water partition coefficient (Wildman–Crippen LogP) is -2.81. The zero-order chi connectivity index (χ0) is 9.30. The van der Waals surface area contributed by atoms with Crippen molar-refractivity contribution < 1.29 is 29.6 Å². The molecule has 0 saturated carbocycles. The lowest BCUT2D eigenvalue weighted by Gasteiger charge is -2.15. The molecule has 1 aliphatic rings. The van der Waals surface area contributed by atoms with Gasteiger partial charge in [-0.2, -0.15) is 0 Å². The number of esters is 1. The van der Waals surface area contributed by atoms with Crippen molar-refractivity contribution in [3.8, 4) is 0 Å². The Morgan fingerprint density at radius 2 is 1.83 bits per heavy atom. The second-order valence-electron chi connectivity index (χ2n) is 2.47. The summed E-state index contributed by atoms with van der Waals surface area (Å²) < 4.78 is 4.21. The molecule has 1 rings (SSSR count). The van der Waals surface area contributed by atoms with E-state index in [0.29, 0.717) is 0 Å². The second kappa shape index (κ2) is 3.18. The number of carbonyl (C=O) groups excluding carboxylic acids is 2. The Hall–Kier alpha value is -0.980. The summed E-state index contributed by atoms with van der Waals surface area (Å²) in [6, 6.07) is 0. The van der Waals surface area contributed by atoms with Crippen LogP contribution in [-0.2, 0) is 14.3 Å². The van der Waals surface area contributed by atoms with Gasteiger partial charge in [-0.15, -0.1) is 0 Å². The number of hydrogen-bond acceptors (Lipinski definition) is 6. The third-order valence-corrected chi connectivity index (χ3v) is 1.57. The number of carbonyl (C=O) groups is 2. The van der Waals surface area contributed by atoms with Crippen molar-refractivity contribution in [3.63, 3.8) is 0 Å². The Bertz CT molecular complexity index is 212. The van der Waals surface area contributed by atoms with Gasteiger partial charge in [0.2, 0.25) is 0 Å². The summed E-state index contributed by atoms with van der Waals surface area (Å²) >= 11 is 0. The van der Waals surface area contributed by atoms with E-state index in [1.54, 1.807) is 0 Å². The smallest absolute Gasteiger partial charge is 0.377 e. The number of cyclic esters (lactones) is 1. The average molecular weight is 176 g/mol. The van der Waals surface area contributed by atoms with Crippen LogP contribution in [0, 0.1) is 0 Å². The van der Waals surface area contributed by atoms with Gasteiger partial charge in [-0.05, 0) is 0 Å². The molecule has 1 heterocycles. The van der Waals surface area contributed by atoms with E-state index in [1.807, 2.05) is 0 Å². The maximum Gasteiger partial charge on any atom is 0.377 e. The van der Waals surface area contributed by atoms with E-state index < -0.39 is 36.7 Å². The van der Waals surface area contributed by atoms with Crippen LogP contribution in [0.2, 0.25) is 0 Å². The number of aliphatic hydroxyl groups is 3. The highest BCUT2D eigenvalue weighted by Gasteiger charge is 2.38. The first-order valence-electron chi connectivity index (χ1n) is 3.29. The third kappa shape index (κ3) is 1.45. The highest BCUT2D eigenvalue weighted by atomic mass is 16.6. The molecule has 1 aliphatic heterocycles. The Balaban J connectivity index is 2.82. The number of Topliss-reactive ketones (excluding diaryl/α,β-unsaturated/α-hetero) is 1. The first-order valence-corrected chi connectivity index (χ1v) is 3.29. The van der Waals surface area contributed by atoms with Crippen LogP contribution in [0.4, 0.5) is 0 Å². The standard InChI is InChI=1S/C6H8O6/c7-2-1-12-6(11)5(10)4(9)3(2)8/h2-4,7-9H,1H2/t2-,3+,4-/m1/s1. The molecule has 3 N–H and O–H groups in total. The molecule has 1 saturated heterocycles. The van der Waals surface area contributed by atoms with Crippen LogP contribution in [-0.4, -0.2) is 52.0 Å². The summed E-state index contributed by atoms with van der Waals surface area (Å²) in [5.74, 6) is -2.47. The Labute approximate surface area is 67.4 Å². The molecular weight excluding hydrogens is 168 g/mol.